The summed E-state index contributed by atoms with van der Waals surface area (Å²) in [6, 6.07) is 11.1. The van der Waals surface area contributed by atoms with Gasteiger partial charge in [-0.3, -0.25) is 9.78 Å². The molecule has 98 valence electrons. The van der Waals surface area contributed by atoms with Gasteiger partial charge in [-0.1, -0.05) is 19.1 Å². The first-order valence-corrected chi connectivity index (χ1v) is 6.45. The third-order valence-electron chi connectivity index (χ3n) is 2.76. The molecule has 0 bridgehead atoms. The highest BCUT2D eigenvalue weighted by Crippen LogP contribution is 2.20. The van der Waals surface area contributed by atoms with Crippen molar-refractivity contribution in [1.82, 2.24) is 4.98 Å². The SMILES string of the molecule is CCCOc1ccccc1C(=O)Cc1ccncc1. The van der Waals surface area contributed by atoms with Crippen LogP contribution in [0.4, 0.5) is 0 Å². The Bertz CT molecular complexity index is 537. The van der Waals surface area contributed by atoms with Crippen LogP contribution in [0.3, 0.4) is 0 Å². The maximum Gasteiger partial charge on any atom is 0.170 e. The molecule has 0 radical (unpaired) electrons. The van der Waals surface area contributed by atoms with Gasteiger partial charge in [0.2, 0.25) is 0 Å². The van der Waals surface area contributed by atoms with E-state index in [1.807, 2.05) is 43.3 Å². The van der Waals surface area contributed by atoms with Crippen molar-refractivity contribution in [2.24, 2.45) is 0 Å². The van der Waals surface area contributed by atoms with E-state index in [1.165, 1.54) is 0 Å². The molecule has 0 amide bonds. The Hall–Kier alpha value is -2.16. The minimum absolute atomic E-state index is 0.0675. The Balaban J connectivity index is 2.14. The van der Waals surface area contributed by atoms with Gasteiger partial charge in [-0.15, -0.1) is 0 Å². The van der Waals surface area contributed by atoms with Crippen LogP contribution in [0.25, 0.3) is 0 Å². The number of para-hydroxylation sites is 1. The fraction of sp³-hybridized carbons (Fsp3) is 0.250. The second-order valence-electron chi connectivity index (χ2n) is 4.30. The van der Waals surface area contributed by atoms with Crippen molar-refractivity contribution in [2.45, 2.75) is 19.8 Å². The van der Waals surface area contributed by atoms with E-state index >= 15 is 0 Å². The molecular formula is C16H17NO2. The lowest BCUT2D eigenvalue weighted by Crippen LogP contribution is -2.07. The summed E-state index contributed by atoms with van der Waals surface area (Å²) in [7, 11) is 0. The molecule has 3 nitrogen and oxygen atoms in total. The van der Waals surface area contributed by atoms with E-state index in [2.05, 4.69) is 4.98 Å². The van der Waals surface area contributed by atoms with Gasteiger partial charge in [-0.2, -0.15) is 0 Å². The van der Waals surface area contributed by atoms with Crippen LogP contribution in [0.15, 0.2) is 48.8 Å². The van der Waals surface area contributed by atoms with E-state index in [0.29, 0.717) is 24.3 Å². The van der Waals surface area contributed by atoms with E-state index in [4.69, 9.17) is 4.74 Å². The summed E-state index contributed by atoms with van der Waals surface area (Å²) in [4.78, 5) is 16.2. The molecule has 0 atom stereocenters. The largest absolute Gasteiger partial charge is 0.493 e. The van der Waals surface area contributed by atoms with Crippen molar-refractivity contribution in [3.05, 3.63) is 59.9 Å². The predicted octanol–water partition coefficient (Wildman–Crippen LogP) is 3.30. The fourth-order valence-corrected chi connectivity index (χ4v) is 1.82. The number of hydrogen-bond acceptors (Lipinski definition) is 3. The molecule has 2 rings (SSSR count). The van der Waals surface area contributed by atoms with Gasteiger partial charge < -0.3 is 4.74 Å². The molecule has 0 aliphatic heterocycles. The van der Waals surface area contributed by atoms with Crippen molar-refractivity contribution >= 4 is 5.78 Å². The zero-order valence-electron chi connectivity index (χ0n) is 11.0. The third kappa shape index (κ3) is 3.65. The van der Waals surface area contributed by atoms with Crippen LogP contribution >= 0.6 is 0 Å². The molecule has 0 aliphatic carbocycles. The molecule has 0 spiro atoms. The number of hydrogen-bond donors (Lipinski definition) is 0. The van der Waals surface area contributed by atoms with Crippen molar-refractivity contribution in [3.63, 3.8) is 0 Å². The number of rotatable bonds is 6. The van der Waals surface area contributed by atoms with E-state index in [-0.39, 0.29) is 5.78 Å². The maximum atomic E-state index is 12.3. The summed E-state index contributed by atoms with van der Waals surface area (Å²) in [6.07, 6.45) is 4.69. The zero-order valence-corrected chi connectivity index (χ0v) is 11.0. The summed E-state index contributed by atoms with van der Waals surface area (Å²) in [6.45, 7) is 2.67. The second kappa shape index (κ2) is 6.69. The van der Waals surface area contributed by atoms with E-state index in [9.17, 15) is 4.79 Å². The van der Waals surface area contributed by atoms with Crippen LogP contribution in [0.2, 0.25) is 0 Å². The van der Waals surface area contributed by atoms with Crippen molar-refractivity contribution in [2.75, 3.05) is 6.61 Å². The number of ether oxygens (including phenoxy) is 1. The number of ketones is 1. The quantitative estimate of drug-likeness (QED) is 0.743. The highest BCUT2D eigenvalue weighted by molar-refractivity contribution is 5.99. The molecule has 2 aromatic rings. The predicted molar refractivity (Wildman–Crippen MR) is 74.5 cm³/mol. The van der Waals surface area contributed by atoms with Gasteiger partial charge >= 0.3 is 0 Å². The molecular weight excluding hydrogens is 238 g/mol. The van der Waals surface area contributed by atoms with Crippen LogP contribution in [-0.2, 0) is 6.42 Å². The number of aromatic nitrogens is 1. The Morgan fingerprint density at radius 2 is 1.89 bits per heavy atom. The molecule has 0 aliphatic rings. The maximum absolute atomic E-state index is 12.3. The van der Waals surface area contributed by atoms with Crippen molar-refractivity contribution < 1.29 is 9.53 Å². The molecule has 1 aromatic heterocycles. The summed E-state index contributed by atoms with van der Waals surface area (Å²) in [5.74, 6) is 0.737. The lowest BCUT2D eigenvalue weighted by molar-refractivity contribution is 0.0989. The number of benzene rings is 1. The summed E-state index contributed by atoms with van der Waals surface area (Å²) in [5.41, 5.74) is 1.61. The third-order valence-corrected chi connectivity index (χ3v) is 2.76. The summed E-state index contributed by atoms with van der Waals surface area (Å²) >= 11 is 0. The molecule has 19 heavy (non-hydrogen) atoms. The Kier molecular flexibility index (Phi) is 4.67. The highest BCUT2D eigenvalue weighted by atomic mass is 16.5. The van der Waals surface area contributed by atoms with Gasteiger partial charge in [0.05, 0.1) is 12.2 Å². The van der Waals surface area contributed by atoms with E-state index in [0.717, 1.165) is 12.0 Å². The monoisotopic (exact) mass is 255 g/mol. The van der Waals surface area contributed by atoms with Gasteiger partial charge in [0.15, 0.2) is 5.78 Å². The van der Waals surface area contributed by atoms with Gasteiger partial charge in [0, 0.05) is 18.8 Å². The number of nitrogens with zero attached hydrogens (tertiary/aromatic N) is 1. The first kappa shape index (κ1) is 13.3. The van der Waals surface area contributed by atoms with Gasteiger partial charge in [0.25, 0.3) is 0 Å². The van der Waals surface area contributed by atoms with Crippen LogP contribution in [0, 0.1) is 0 Å². The average molecular weight is 255 g/mol. The second-order valence-corrected chi connectivity index (χ2v) is 4.30. The Morgan fingerprint density at radius 1 is 1.16 bits per heavy atom. The number of carbonyl (C=O) groups is 1. The first-order valence-electron chi connectivity index (χ1n) is 6.45. The number of Topliss-reactive ketones (excluding diaryl/α,β-unsaturated/α-hetero) is 1. The van der Waals surface area contributed by atoms with E-state index in [1.54, 1.807) is 12.4 Å². The molecule has 0 unspecified atom stereocenters. The number of carbonyl (C=O) groups excluding carboxylic acids is 1. The first-order chi connectivity index (χ1) is 9.31. The van der Waals surface area contributed by atoms with Crippen LogP contribution in [-0.4, -0.2) is 17.4 Å². The Morgan fingerprint density at radius 3 is 2.63 bits per heavy atom. The molecule has 0 saturated carbocycles. The number of pyridine rings is 1. The summed E-state index contributed by atoms with van der Waals surface area (Å²) < 4.78 is 5.61. The average Bonchev–Trinajstić information content (AvgIpc) is 2.46. The molecule has 0 saturated heterocycles. The highest BCUT2D eigenvalue weighted by Gasteiger charge is 2.12. The topological polar surface area (TPSA) is 39.2 Å². The van der Waals surface area contributed by atoms with Gasteiger partial charge in [-0.05, 0) is 36.2 Å². The fourth-order valence-electron chi connectivity index (χ4n) is 1.82. The van der Waals surface area contributed by atoms with Crippen LogP contribution in [0.5, 0.6) is 5.75 Å². The van der Waals surface area contributed by atoms with Gasteiger partial charge in [0.1, 0.15) is 5.75 Å². The van der Waals surface area contributed by atoms with E-state index < -0.39 is 0 Å². The lowest BCUT2D eigenvalue weighted by atomic mass is 10.0. The molecule has 1 heterocycles. The van der Waals surface area contributed by atoms with Crippen molar-refractivity contribution in [1.29, 1.82) is 0 Å². The van der Waals surface area contributed by atoms with Crippen molar-refractivity contribution in [3.8, 4) is 5.75 Å². The molecule has 1 aromatic carbocycles. The Labute approximate surface area is 113 Å². The minimum Gasteiger partial charge on any atom is -0.493 e. The van der Waals surface area contributed by atoms with Crippen LogP contribution < -0.4 is 4.74 Å². The standard InChI is InChI=1S/C16H17NO2/c1-2-11-19-16-6-4-3-5-14(16)15(18)12-13-7-9-17-10-8-13/h3-10H,2,11-12H2,1H3. The van der Waals surface area contributed by atoms with Crippen LogP contribution in [0.1, 0.15) is 29.3 Å². The summed E-state index contributed by atoms with van der Waals surface area (Å²) in [5, 5.41) is 0. The molecule has 0 fully saturated rings. The smallest absolute Gasteiger partial charge is 0.170 e. The minimum atomic E-state index is 0.0675. The lowest BCUT2D eigenvalue weighted by Gasteiger charge is -2.09. The normalized spacial score (nSPS) is 10.2. The molecule has 0 N–H and O–H groups in total. The molecule has 3 heteroatoms. The van der Waals surface area contributed by atoms with Gasteiger partial charge in [-0.25, -0.2) is 0 Å². The zero-order chi connectivity index (χ0) is 13.5.